The van der Waals surface area contributed by atoms with Crippen molar-refractivity contribution in [3.05, 3.63) is 23.8 Å². The van der Waals surface area contributed by atoms with E-state index >= 15 is 0 Å². The third kappa shape index (κ3) is 2.99. The van der Waals surface area contributed by atoms with Crippen LogP contribution in [0.3, 0.4) is 0 Å². The van der Waals surface area contributed by atoms with E-state index in [1.165, 1.54) is 4.90 Å². The molecule has 0 aromatic heterocycles. The predicted octanol–water partition coefficient (Wildman–Crippen LogP) is 3.11. The lowest BCUT2D eigenvalue weighted by Gasteiger charge is -2.12. The highest BCUT2D eigenvalue weighted by Gasteiger charge is 2.11. The molecule has 0 N–H and O–H groups in total. The fourth-order valence-corrected chi connectivity index (χ4v) is 2.11. The minimum absolute atomic E-state index is 0.114. The van der Waals surface area contributed by atoms with Crippen molar-refractivity contribution in [2.24, 2.45) is 0 Å². The number of carbonyl (C=O) groups excluding carboxylic acids is 1. The van der Waals surface area contributed by atoms with Gasteiger partial charge in [0.2, 0.25) is 0 Å². The molecule has 0 radical (unpaired) electrons. The summed E-state index contributed by atoms with van der Waals surface area (Å²) < 4.78 is 5.23. The van der Waals surface area contributed by atoms with E-state index in [-0.39, 0.29) is 5.92 Å². The van der Waals surface area contributed by atoms with Crippen molar-refractivity contribution < 1.29 is 9.53 Å². The summed E-state index contributed by atoms with van der Waals surface area (Å²) in [5, 5.41) is 0. The lowest BCUT2D eigenvalue weighted by molar-refractivity contribution is -0.108. The molecule has 1 rings (SSSR count). The van der Waals surface area contributed by atoms with E-state index in [9.17, 15) is 4.79 Å². The summed E-state index contributed by atoms with van der Waals surface area (Å²) in [6, 6.07) is 5.98. The first kappa shape index (κ1) is 12.1. The van der Waals surface area contributed by atoms with Crippen LogP contribution in [0.25, 0.3) is 0 Å². The molecule has 2 nitrogen and oxygen atoms in total. The maximum Gasteiger partial charge on any atom is 0.127 e. The summed E-state index contributed by atoms with van der Waals surface area (Å²) in [6.45, 7) is 3.99. The number of aldehydes is 1. The summed E-state index contributed by atoms with van der Waals surface area (Å²) in [7, 11) is 1.63. The third-order valence-corrected chi connectivity index (χ3v) is 3.08. The molecule has 1 atom stereocenters. The van der Waals surface area contributed by atoms with Gasteiger partial charge in [0.25, 0.3) is 0 Å². The second-order valence-corrected chi connectivity index (χ2v) is 4.60. The Balaban J connectivity index is 3.06. The van der Waals surface area contributed by atoms with E-state index < -0.39 is 0 Å². The van der Waals surface area contributed by atoms with Gasteiger partial charge in [0.1, 0.15) is 12.0 Å². The SMILES string of the molecule is CCSc1ccc(OC)c(C(C)C=O)c1. The quantitative estimate of drug-likeness (QED) is 0.568. The van der Waals surface area contributed by atoms with Gasteiger partial charge in [0.05, 0.1) is 7.11 Å². The van der Waals surface area contributed by atoms with Crippen LogP contribution in [0.2, 0.25) is 0 Å². The Labute approximate surface area is 95.0 Å². The summed E-state index contributed by atoms with van der Waals surface area (Å²) in [5.41, 5.74) is 0.964. The number of carbonyl (C=O) groups is 1. The Hall–Kier alpha value is -0.960. The lowest BCUT2D eigenvalue weighted by Crippen LogP contribution is -1.98. The Morgan fingerprint density at radius 3 is 2.80 bits per heavy atom. The molecule has 0 heterocycles. The average molecular weight is 224 g/mol. The van der Waals surface area contributed by atoms with Crippen LogP contribution in [0.15, 0.2) is 23.1 Å². The van der Waals surface area contributed by atoms with Gasteiger partial charge in [-0.15, -0.1) is 11.8 Å². The molecule has 0 saturated heterocycles. The monoisotopic (exact) mass is 224 g/mol. The van der Waals surface area contributed by atoms with E-state index in [0.29, 0.717) is 0 Å². The minimum Gasteiger partial charge on any atom is -0.496 e. The van der Waals surface area contributed by atoms with Gasteiger partial charge >= 0.3 is 0 Å². The zero-order valence-corrected chi connectivity index (χ0v) is 10.1. The molecular weight excluding hydrogens is 208 g/mol. The van der Waals surface area contributed by atoms with E-state index in [1.54, 1.807) is 18.9 Å². The van der Waals surface area contributed by atoms with Crippen LogP contribution in [-0.2, 0) is 4.79 Å². The van der Waals surface area contributed by atoms with Gasteiger partial charge < -0.3 is 9.53 Å². The fraction of sp³-hybridized carbons (Fsp3) is 0.417. The lowest BCUT2D eigenvalue weighted by atomic mass is 10.0. The first-order valence-electron chi connectivity index (χ1n) is 4.99. The number of thioether (sulfide) groups is 1. The number of ether oxygens (including phenoxy) is 1. The number of hydrogen-bond donors (Lipinski definition) is 0. The van der Waals surface area contributed by atoms with Gasteiger partial charge in [-0.2, -0.15) is 0 Å². The zero-order valence-electron chi connectivity index (χ0n) is 9.32. The Morgan fingerprint density at radius 1 is 1.53 bits per heavy atom. The highest BCUT2D eigenvalue weighted by Crippen LogP contribution is 2.30. The van der Waals surface area contributed by atoms with Crippen LogP contribution in [0.4, 0.5) is 0 Å². The molecule has 3 heteroatoms. The summed E-state index contributed by atoms with van der Waals surface area (Å²) in [5.74, 6) is 1.70. The van der Waals surface area contributed by atoms with E-state index in [0.717, 1.165) is 23.4 Å². The molecule has 0 saturated carbocycles. The van der Waals surface area contributed by atoms with Gasteiger partial charge in [0.15, 0.2) is 0 Å². The maximum atomic E-state index is 10.8. The second-order valence-electron chi connectivity index (χ2n) is 3.26. The first-order valence-corrected chi connectivity index (χ1v) is 5.97. The standard InChI is InChI=1S/C12H16O2S/c1-4-15-10-5-6-12(14-3)11(7-10)9(2)8-13/h5-9H,4H2,1-3H3. The van der Waals surface area contributed by atoms with Crippen LogP contribution in [-0.4, -0.2) is 19.1 Å². The molecule has 0 aliphatic carbocycles. The Kier molecular flexibility index (Phi) is 4.69. The average Bonchev–Trinajstić information content (AvgIpc) is 2.28. The molecule has 1 aromatic carbocycles. The highest BCUT2D eigenvalue weighted by atomic mass is 32.2. The zero-order chi connectivity index (χ0) is 11.3. The molecule has 0 bridgehead atoms. The van der Waals surface area contributed by atoms with Crippen LogP contribution in [0.1, 0.15) is 25.3 Å². The van der Waals surface area contributed by atoms with Crippen molar-refractivity contribution in [3.63, 3.8) is 0 Å². The van der Waals surface area contributed by atoms with Crippen molar-refractivity contribution in [3.8, 4) is 5.75 Å². The van der Waals surface area contributed by atoms with Crippen molar-refractivity contribution >= 4 is 18.0 Å². The van der Waals surface area contributed by atoms with Gasteiger partial charge in [-0.1, -0.05) is 13.8 Å². The first-order chi connectivity index (χ1) is 7.22. The topological polar surface area (TPSA) is 26.3 Å². The highest BCUT2D eigenvalue weighted by molar-refractivity contribution is 7.99. The molecule has 0 aliphatic heterocycles. The largest absolute Gasteiger partial charge is 0.496 e. The van der Waals surface area contributed by atoms with Crippen LogP contribution in [0.5, 0.6) is 5.75 Å². The smallest absolute Gasteiger partial charge is 0.127 e. The number of benzene rings is 1. The number of rotatable bonds is 5. The molecule has 0 fully saturated rings. The third-order valence-electron chi connectivity index (χ3n) is 2.21. The van der Waals surface area contributed by atoms with Crippen LogP contribution >= 0.6 is 11.8 Å². The fourth-order valence-electron chi connectivity index (χ4n) is 1.40. The number of hydrogen-bond acceptors (Lipinski definition) is 3. The van der Waals surface area contributed by atoms with E-state index in [2.05, 4.69) is 6.92 Å². The van der Waals surface area contributed by atoms with Crippen molar-refractivity contribution in [1.82, 2.24) is 0 Å². The minimum atomic E-state index is -0.114. The Bertz CT molecular complexity index is 336. The van der Waals surface area contributed by atoms with E-state index in [1.807, 2.05) is 25.1 Å². The second kappa shape index (κ2) is 5.81. The van der Waals surface area contributed by atoms with Crippen LogP contribution in [0, 0.1) is 0 Å². The molecule has 0 amide bonds. The van der Waals surface area contributed by atoms with Gasteiger partial charge in [-0.05, 0) is 24.0 Å². The molecular formula is C12H16O2S. The van der Waals surface area contributed by atoms with Gasteiger partial charge in [-0.25, -0.2) is 0 Å². The van der Waals surface area contributed by atoms with Gasteiger partial charge in [-0.3, -0.25) is 0 Å². The van der Waals surface area contributed by atoms with Crippen LogP contribution < -0.4 is 4.74 Å². The molecule has 1 unspecified atom stereocenters. The summed E-state index contributed by atoms with van der Waals surface area (Å²) >= 11 is 1.77. The molecule has 1 aromatic rings. The van der Waals surface area contributed by atoms with Crippen molar-refractivity contribution in [2.45, 2.75) is 24.7 Å². The predicted molar refractivity (Wildman–Crippen MR) is 63.9 cm³/mol. The summed E-state index contributed by atoms with van der Waals surface area (Å²) in [4.78, 5) is 12.0. The van der Waals surface area contributed by atoms with Crippen molar-refractivity contribution in [2.75, 3.05) is 12.9 Å². The molecule has 0 aliphatic rings. The summed E-state index contributed by atoms with van der Waals surface area (Å²) in [6.07, 6.45) is 0.943. The molecule has 15 heavy (non-hydrogen) atoms. The normalized spacial score (nSPS) is 12.2. The maximum absolute atomic E-state index is 10.8. The van der Waals surface area contributed by atoms with Crippen molar-refractivity contribution in [1.29, 1.82) is 0 Å². The number of methoxy groups -OCH3 is 1. The van der Waals surface area contributed by atoms with E-state index in [4.69, 9.17) is 4.74 Å². The molecule has 0 spiro atoms. The van der Waals surface area contributed by atoms with Gasteiger partial charge in [0, 0.05) is 16.4 Å². The Morgan fingerprint density at radius 2 is 2.27 bits per heavy atom. The molecule has 82 valence electrons.